The highest BCUT2D eigenvalue weighted by molar-refractivity contribution is 7.21. The van der Waals surface area contributed by atoms with Gasteiger partial charge in [0.15, 0.2) is 0 Å². The third-order valence-electron chi connectivity index (χ3n) is 2.37. The molecule has 98 valence electrons. The number of hydroxylamine groups is 2. The number of thiophene rings is 2. The van der Waals surface area contributed by atoms with E-state index in [-0.39, 0.29) is 0 Å². The standard InChI is InChI=1S/C13H12N2O2S2/c1-9(15(17)13(14)16)4-5-10-6-7-12(19-10)11-3-2-8-18-11/h2-3,6-9,17H,1H3,(H2,14,16). The van der Waals surface area contributed by atoms with Crippen LogP contribution in [0.1, 0.15) is 11.8 Å². The third kappa shape index (κ3) is 3.35. The van der Waals surface area contributed by atoms with Gasteiger partial charge < -0.3 is 5.73 Å². The van der Waals surface area contributed by atoms with Gasteiger partial charge in [0.05, 0.1) is 4.88 Å². The van der Waals surface area contributed by atoms with Crippen molar-refractivity contribution in [2.45, 2.75) is 13.0 Å². The fraction of sp³-hybridized carbons (Fsp3) is 0.154. The van der Waals surface area contributed by atoms with Crippen LogP contribution in [0.5, 0.6) is 0 Å². The number of rotatable bonds is 2. The average molecular weight is 292 g/mol. The molecule has 2 aromatic rings. The van der Waals surface area contributed by atoms with Crippen LogP contribution < -0.4 is 5.73 Å². The summed E-state index contributed by atoms with van der Waals surface area (Å²) < 4.78 is 0. The minimum absolute atomic E-state index is 0.417. The van der Waals surface area contributed by atoms with Gasteiger partial charge in [-0.25, -0.2) is 4.79 Å². The van der Waals surface area contributed by atoms with Crippen molar-refractivity contribution in [1.29, 1.82) is 0 Å². The Morgan fingerprint density at radius 1 is 1.42 bits per heavy atom. The van der Waals surface area contributed by atoms with E-state index in [2.05, 4.69) is 17.9 Å². The molecular formula is C13H12N2O2S2. The van der Waals surface area contributed by atoms with E-state index in [1.54, 1.807) is 29.6 Å². The highest BCUT2D eigenvalue weighted by Crippen LogP contribution is 2.30. The lowest BCUT2D eigenvalue weighted by molar-refractivity contribution is -0.0536. The highest BCUT2D eigenvalue weighted by atomic mass is 32.1. The van der Waals surface area contributed by atoms with Crippen LogP contribution in [-0.2, 0) is 0 Å². The summed E-state index contributed by atoms with van der Waals surface area (Å²) in [7, 11) is 0. The van der Waals surface area contributed by atoms with Gasteiger partial charge in [0, 0.05) is 9.75 Å². The molecule has 19 heavy (non-hydrogen) atoms. The Hall–Kier alpha value is -1.81. The normalized spacial score (nSPS) is 11.5. The van der Waals surface area contributed by atoms with E-state index in [0.717, 1.165) is 9.75 Å². The maximum absolute atomic E-state index is 10.7. The smallest absolute Gasteiger partial charge is 0.339 e. The summed E-state index contributed by atoms with van der Waals surface area (Å²) in [6.45, 7) is 1.60. The van der Waals surface area contributed by atoms with E-state index in [1.165, 1.54) is 4.88 Å². The Labute approximate surface area is 119 Å². The van der Waals surface area contributed by atoms with Crippen LogP contribution in [-0.4, -0.2) is 22.3 Å². The molecule has 0 bridgehead atoms. The largest absolute Gasteiger partial charge is 0.350 e. The fourth-order valence-corrected chi connectivity index (χ4v) is 3.09. The van der Waals surface area contributed by atoms with E-state index in [1.807, 2.05) is 23.6 Å². The van der Waals surface area contributed by atoms with Crippen molar-refractivity contribution >= 4 is 28.7 Å². The molecule has 0 aliphatic heterocycles. The van der Waals surface area contributed by atoms with Crippen molar-refractivity contribution in [2.75, 3.05) is 0 Å². The van der Waals surface area contributed by atoms with Gasteiger partial charge in [0.25, 0.3) is 0 Å². The minimum Gasteiger partial charge on any atom is -0.350 e. The number of amides is 2. The molecule has 0 aliphatic rings. The quantitative estimate of drug-likeness (QED) is 0.507. The van der Waals surface area contributed by atoms with Crippen LogP contribution in [0.2, 0.25) is 0 Å². The Kier molecular flexibility index (Phi) is 4.22. The Morgan fingerprint density at radius 2 is 2.21 bits per heavy atom. The second-order valence-corrected chi connectivity index (χ2v) is 5.80. The summed E-state index contributed by atoms with van der Waals surface area (Å²) in [5.74, 6) is 5.70. The van der Waals surface area contributed by atoms with Gasteiger partial charge in [-0.2, -0.15) is 5.06 Å². The van der Waals surface area contributed by atoms with Gasteiger partial charge in [-0.3, -0.25) is 5.21 Å². The summed E-state index contributed by atoms with van der Waals surface area (Å²) in [6, 6.07) is 6.45. The van der Waals surface area contributed by atoms with Crippen molar-refractivity contribution in [3.05, 3.63) is 34.5 Å². The van der Waals surface area contributed by atoms with Crippen molar-refractivity contribution in [1.82, 2.24) is 5.06 Å². The van der Waals surface area contributed by atoms with Crippen molar-refractivity contribution in [3.63, 3.8) is 0 Å². The molecule has 1 atom stereocenters. The maximum atomic E-state index is 10.7. The topological polar surface area (TPSA) is 66.6 Å². The van der Waals surface area contributed by atoms with Gasteiger partial charge >= 0.3 is 6.03 Å². The van der Waals surface area contributed by atoms with Gasteiger partial charge in [-0.05, 0) is 30.5 Å². The molecule has 4 nitrogen and oxygen atoms in total. The number of hydrogen-bond acceptors (Lipinski definition) is 4. The number of hydrogen-bond donors (Lipinski definition) is 2. The van der Waals surface area contributed by atoms with E-state index >= 15 is 0 Å². The first-order valence-electron chi connectivity index (χ1n) is 5.50. The van der Waals surface area contributed by atoms with Gasteiger partial charge in [0.1, 0.15) is 6.04 Å². The van der Waals surface area contributed by atoms with E-state index < -0.39 is 12.1 Å². The number of carbonyl (C=O) groups excluding carboxylic acids is 1. The number of nitrogens with two attached hydrogens (primary N) is 1. The van der Waals surface area contributed by atoms with Gasteiger partial charge in [-0.15, -0.1) is 22.7 Å². The molecule has 2 heterocycles. The molecule has 3 N–H and O–H groups in total. The average Bonchev–Trinajstić information content (AvgIpc) is 3.04. The zero-order valence-electron chi connectivity index (χ0n) is 10.2. The van der Waals surface area contributed by atoms with Crippen LogP contribution in [0.4, 0.5) is 4.79 Å². The van der Waals surface area contributed by atoms with Crippen molar-refractivity contribution in [2.24, 2.45) is 5.73 Å². The molecule has 6 heteroatoms. The first kappa shape index (κ1) is 13.6. The first-order valence-corrected chi connectivity index (χ1v) is 7.20. The van der Waals surface area contributed by atoms with Gasteiger partial charge in [0.2, 0.25) is 0 Å². The molecule has 2 amide bonds. The lowest BCUT2D eigenvalue weighted by atomic mass is 10.3. The van der Waals surface area contributed by atoms with Gasteiger partial charge in [-0.1, -0.05) is 17.9 Å². The molecule has 0 fully saturated rings. The monoisotopic (exact) mass is 292 g/mol. The predicted octanol–water partition coefficient (Wildman–Crippen LogP) is 2.99. The molecule has 1 unspecified atom stereocenters. The fourth-order valence-electron chi connectivity index (χ4n) is 1.38. The first-order chi connectivity index (χ1) is 9.08. The second-order valence-electron chi connectivity index (χ2n) is 3.77. The second kappa shape index (κ2) is 5.89. The maximum Gasteiger partial charge on any atom is 0.339 e. The Morgan fingerprint density at radius 3 is 2.84 bits per heavy atom. The molecule has 0 radical (unpaired) electrons. The number of primary amides is 1. The van der Waals surface area contributed by atoms with Crippen LogP contribution in [0.25, 0.3) is 9.75 Å². The Balaban J connectivity index is 2.11. The lowest BCUT2D eigenvalue weighted by Crippen LogP contribution is -2.38. The summed E-state index contributed by atoms with van der Waals surface area (Å²) in [6.07, 6.45) is 0. The van der Waals surface area contributed by atoms with Crippen LogP contribution in [0.15, 0.2) is 29.6 Å². The summed E-state index contributed by atoms with van der Waals surface area (Å²) in [5, 5.41) is 11.7. The minimum atomic E-state index is -0.910. The highest BCUT2D eigenvalue weighted by Gasteiger charge is 2.11. The predicted molar refractivity (Wildman–Crippen MR) is 77.2 cm³/mol. The van der Waals surface area contributed by atoms with Crippen LogP contribution in [0.3, 0.4) is 0 Å². The molecule has 2 aromatic heterocycles. The Bertz CT molecular complexity index is 623. The lowest BCUT2D eigenvalue weighted by Gasteiger charge is -2.14. The third-order valence-corrected chi connectivity index (χ3v) is 4.43. The molecule has 2 rings (SSSR count). The van der Waals surface area contributed by atoms with Crippen LogP contribution >= 0.6 is 22.7 Å². The molecule has 0 spiro atoms. The van der Waals surface area contributed by atoms with E-state index in [9.17, 15) is 10.0 Å². The SMILES string of the molecule is CC(C#Cc1ccc(-c2cccs2)s1)N(O)C(N)=O. The summed E-state index contributed by atoms with van der Waals surface area (Å²) in [4.78, 5) is 14.0. The summed E-state index contributed by atoms with van der Waals surface area (Å²) >= 11 is 3.25. The summed E-state index contributed by atoms with van der Waals surface area (Å²) in [5.41, 5.74) is 4.95. The number of carbonyl (C=O) groups is 1. The zero-order chi connectivity index (χ0) is 13.8. The number of urea groups is 1. The zero-order valence-corrected chi connectivity index (χ0v) is 11.8. The number of nitrogens with zero attached hydrogens (tertiary/aromatic N) is 1. The van der Waals surface area contributed by atoms with E-state index in [4.69, 9.17) is 5.73 Å². The molecule has 0 aliphatic carbocycles. The molecule has 0 aromatic carbocycles. The van der Waals surface area contributed by atoms with Crippen molar-refractivity contribution < 1.29 is 10.0 Å². The van der Waals surface area contributed by atoms with Crippen molar-refractivity contribution in [3.8, 4) is 21.6 Å². The van der Waals surface area contributed by atoms with Crippen LogP contribution in [0, 0.1) is 11.8 Å². The molecule has 0 saturated carbocycles. The molecule has 0 saturated heterocycles. The molecular weight excluding hydrogens is 280 g/mol. The van der Waals surface area contributed by atoms with E-state index in [0.29, 0.717) is 5.06 Å².